The number of carbonyl (C=O) groups excluding carboxylic acids is 1. The van der Waals surface area contributed by atoms with Gasteiger partial charge in [0.15, 0.2) is 0 Å². The van der Waals surface area contributed by atoms with Crippen LogP contribution in [-0.2, 0) is 11.3 Å². The summed E-state index contributed by atoms with van der Waals surface area (Å²) in [5.74, 6) is -1.04. The quantitative estimate of drug-likeness (QED) is 0.843. The van der Waals surface area contributed by atoms with Crippen LogP contribution in [0.1, 0.15) is 18.7 Å². The molecule has 0 fully saturated rings. The number of hydrogen-bond donors (Lipinski definition) is 2. The Morgan fingerprint density at radius 1 is 1.59 bits per heavy atom. The summed E-state index contributed by atoms with van der Waals surface area (Å²) in [6, 6.07) is 2.64. The van der Waals surface area contributed by atoms with Crippen molar-refractivity contribution in [1.82, 2.24) is 10.2 Å². The molecule has 0 saturated heterocycles. The van der Waals surface area contributed by atoms with E-state index >= 15 is 0 Å². The van der Waals surface area contributed by atoms with Gasteiger partial charge in [-0.25, -0.2) is 4.79 Å². The number of nitrogens with one attached hydrogen (secondary N) is 1. The first-order chi connectivity index (χ1) is 8.04. The van der Waals surface area contributed by atoms with Crippen molar-refractivity contribution in [2.45, 2.75) is 26.4 Å². The molecule has 1 rings (SSSR count). The van der Waals surface area contributed by atoms with Gasteiger partial charge >= 0.3 is 12.0 Å². The number of aliphatic carboxylic acids is 1. The van der Waals surface area contributed by atoms with Gasteiger partial charge in [0.2, 0.25) is 0 Å². The van der Waals surface area contributed by atoms with Gasteiger partial charge in [-0.05, 0) is 25.3 Å². The maximum Gasteiger partial charge on any atom is 0.325 e. The third kappa shape index (κ3) is 4.07. The lowest BCUT2D eigenvalue weighted by Gasteiger charge is -2.22. The zero-order chi connectivity index (χ0) is 12.8. The number of carboxylic acids is 1. The van der Waals surface area contributed by atoms with Crippen LogP contribution in [0.5, 0.6) is 0 Å². The van der Waals surface area contributed by atoms with Gasteiger partial charge in [0.1, 0.15) is 6.04 Å². The Balaban J connectivity index is 2.55. The van der Waals surface area contributed by atoms with E-state index in [1.165, 1.54) is 6.92 Å². The molecule has 0 spiro atoms. The number of amides is 2. The molecule has 0 aromatic carbocycles. The van der Waals surface area contributed by atoms with Crippen LogP contribution in [0.15, 0.2) is 17.5 Å². The third-order valence-corrected chi connectivity index (χ3v) is 3.17. The molecule has 0 aliphatic carbocycles. The van der Waals surface area contributed by atoms with Gasteiger partial charge in [-0.3, -0.25) is 4.79 Å². The van der Waals surface area contributed by atoms with Gasteiger partial charge in [0.05, 0.1) is 6.54 Å². The van der Waals surface area contributed by atoms with E-state index in [0.717, 1.165) is 4.88 Å². The summed E-state index contributed by atoms with van der Waals surface area (Å²) < 4.78 is 0. The normalized spacial score (nSPS) is 11.9. The van der Waals surface area contributed by atoms with Crippen LogP contribution in [0.2, 0.25) is 0 Å². The fourth-order valence-corrected chi connectivity index (χ4v) is 1.98. The Bertz CT molecular complexity index is 378. The topological polar surface area (TPSA) is 69.6 Å². The van der Waals surface area contributed by atoms with Crippen molar-refractivity contribution < 1.29 is 14.7 Å². The second-order valence-corrected chi connectivity index (χ2v) is 4.64. The number of carbonyl (C=O) groups is 2. The van der Waals surface area contributed by atoms with E-state index in [4.69, 9.17) is 5.11 Å². The summed E-state index contributed by atoms with van der Waals surface area (Å²) >= 11 is 1.57. The monoisotopic (exact) mass is 256 g/mol. The highest BCUT2D eigenvalue weighted by Gasteiger charge is 2.18. The van der Waals surface area contributed by atoms with Crippen LogP contribution >= 0.6 is 11.3 Å². The first-order valence-corrected chi connectivity index (χ1v) is 6.23. The number of nitrogens with zero attached hydrogens (tertiary/aromatic N) is 1. The predicted molar refractivity (Wildman–Crippen MR) is 66.0 cm³/mol. The highest BCUT2D eigenvalue weighted by molar-refractivity contribution is 7.09. The average molecular weight is 256 g/mol. The minimum absolute atomic E-state index is 0.351. The molecular formula is C11H16N2O3S. The van der Waals surface area contributed by atoms with Crippen molar-refractivity contribution in [3.8, 4) is 0 Å². The molecule has 17 heavy (non-hydrogen) atoms. The molecular weight excluding hydrogens is 240 g/mol. The van der Waals surface area contributed by atoms with Crippen LogP contribution in [0.4, 0.5) is 4.79 Å². The largest absolute Gasteiger partial charge is 0.480 e. The van der Waals surface area contributed by atoms with E-state index in [1.807, 2.05) is 24.4 Å². The van der Waals surface area contributed by atoms with Crippen LogP contribution in [-0.4, -0.2) is 34.6 Å². The Kier molecular flexibility index (Phi) is 4.96. The third-order valence-electron chi connectivity index (χ3n) is 2.31. The molecule has 0 unspecified atom stereocenters. The van der Waals surface area contributed by atoms with Crippen LogP contribution in [0, 0.1) is 0 Å². The maximum atomic E-state index is 11.8. The van der Waals surface area contributed by atoms with E-state index in [1.54, 1.807) is 16.2 Å². The number of carboxylic acid groups (broad SMARTS) is 1. The smallest absolute Gasteiger partial charge is 0.325 e. The zero-order valence-corrected chi connectivity index (χ0v) is 10.7. The fourth-order valence-electron chi connectivity index (χ4n) is 1.26. The Morgan fingerprint density at radius 3 is 2.76 bits per heavy atom. The SMILES string of the molecule is CCN(Cc1cccs1)C(=O)N[C@@H](C)C(=O)O. The second-order valence-electron chi connectivity index (χ2n) is 3.60. The Hall–Kier alpha value is -1.56. The summed E-state index contributed by atoms with van der Waals surface area (Å²) in [5, 5.41) is 13.1. The number of thiophene rings is 1. The molecule has 1 heterocycles. The van der Waals surface area contributed by atoms with Crippen molar-refractivity contribution >= 4 is 23.3 Å². The summed E-state index contributed by atoms with van der Waals surface area (Å²) in [6.07, 6.45) is 0. The van der Waals surface area contributed by atoms with Gasteiger partial charge in [-0.1, -0.05) is 6.07 Å². The lowest BCUT2D eigenvalue weighted by atomic mass is 10.3. The van der Waals surface area contributed by atoms with Crippen molar-refractivity contribution in [1.29, 1.82) is 0 Å². The van der Waals surface area contributed by atoms with Gasteiger partial charge in [0.25, 0.3) is 0 Å². The standard InChI is InChI=1S/C11H16N2O3S/c1-3-13(7-9-5-4-6-17-9)11(16)12-8(2)10(14)15/h4-6,8H,3,7H2,1-2H3,(H,12,16)(H,14,15)/t8-/m0/s1. The molecule has 1 atom stereocenters. The zero-order valence-electron chi connectivity index (χ0n) is 9.84. The van der Waals surface area contributed by atoms with Gasteiger partial charge < -0.3 is 15.3 Å². The van der Waals surface area contributed by atoms with E-state index in [9.17, 15) is 9.59 Å². The van der Waals surface area contributed by atoms with Crippen LogP contribution < -0.4 is 5.32 Å². The molecule has 0 radical (unpaired) electrons. The first kappa shape index (κ1) is 13.5. The van der Waals surface area contributed by atoms with Gasteiger partial charge in [0, 0.05) is 11.4 Å². The average Bonchev–Trinajstić information content (AvgIpc) is 2.78. The van der Waals surface area contributed by atoms with Gasteiger partial charge in [-0.2, -0.15) is 0 Å². The lowest BCUT2D eigenvalue weighted by Crippen LogP contribution is -2.46. The summed E-state index contributed by atoms with van der Waals surface area (Å²) in [5.41, 5.74) is 0. The van der Waals surface area contributed by atoms with Crippen molar-refractivity contribution in [3.05, 3.63) is 22.4 Å². The molecule has 5 nitrogen and oxygen atoms in total. The van der Waals surface area contributed by atoms with Crippen LogP contribution in [0.3, 0.4) is 0 Å². The molecule has 1 aromatic heterocycles. The minimum Gasteiger partial charge on any atom is -0.480 e. The van der Waals surface area contributed by atoms with Crippen molar-refractivity contribution in [3.63, 3.8) is 0 Å². The summed E-state index contributed by atoms with van der Waals surface area (Å²) in [6.45, 7) is 4.35. The second kappa shape index (κ2) is 6.24. The van der Waals surface area contributed by atoms with E-state index in [2.05, 4.69) is 5.32 Å². The highest BCUT2D eigenvalue weighted by Crippen LogP contribution is 2.11. The first-order valence-electron chi connectivity index (χ1n) is 5.35. The molecule has 1 aromatic rings. The summed E-state index contributed by atoms with van der Waals surface area (Å²) in [4.78, 5) is 25.1. The lowest BCUT2D eigenvalue weighted by molar-refractivity contribution is -0.138. The maximum absolute atomic E-state index is 11.8. The molecule has 6 heteroatoms. The van der Waals surface area contributed by atoms with Crippen molar-refractivity contribution in [2.24, 2.45) is 0 Å². The molecule has 0 aliphatic rings. The van der Waals surface area contributed by atoms with Gasteiger partial charge in [-0.15, -0.1) is 11.3 Å². The van der Waals surface area contributed by atoms with E-state index < -0.39 is 12.0 Å². The molecule has 0 bridgehead atoms. The number of hydrogen-bond acceptors (Lipinski definition) is 3. The Labute approximate surface area is 104 Å². The number of urea groups is 1. The molecule has 2 N–H and O–H groups in total. The van der Waals surface area contributed by atoms with Crippen molar-refractivity contribution in [2.75, 3.05) is 6.54 Å². The van der Waals surface area contributed by atoms with E-state index in [0.29, 0.717) is 13.1 Å². The fraction of sp³-hybridized carbons (Fsp3) is 0.455. The van der Waals surface area contributed by atoms with Crippen LogP contribution in [0.25, 0.3) is 0 Å². The number of rotatable bonds is 5. The summed E-state index contributed by atoms with van der Waals surface area (Å²) in [7, 11) is 0. The van der Waals surface area contributed by atoms with E-state index in [-0.39, 0.29) is 6.03 Å². The minimum atomic E-state index is -1.04. The molecule has 94 valence electrons. The highest BCUT2D eigenvalue weighted by atomic mass is 32.1. The molecule has 0 saturated carbocycles. The molecule has 0 aliphatic heterocycles. The predicted octanol–water partition coefficient (Wildman–Crippen LogP) is 1.75. The Morgan fingerprint density at radius 2 is 2.29 bits per heavy atom. The molecule has 2 amide bonds.